The molecule has 10 nitrogen and oxygen atoms in total. The molecule has 2 aliphatic carbocycles. The van der Waals surface area contributed by atoms with Crippen molar-refractivity contribution in [2.24, 2.45) is 13.0 Å². The summed E-state index contributed by atoms with van der Waals surface area (Å²) in [6.45, 7) is 1.91. The predicted octanol–water partition coefficient (Wildman–Crippen LogP) is 8.51. The number of carbonyl (C=O) groups is 2. The van der Waals surface area contributed by atoms with Crippen LogP contribution in [0.2, 0.25) is 5.02 Å². The number of aromatic nitrogens is 6. The van der Waals surface area contributed by atoms with Crippen LogP contribution < -0.4 is 0 Å². The topological polar surface area (TPSA) is 129 Å². The molecule has 3 atom stereocenters. The summed E-state index contributed by atoms with van der Waals surface area (Å²) in [4.78, 5) is 31.9. The van der Waals surface area contributed by atoms with Crippen LogP contribution in [-0.4, -0.2) is 52.0 Å². The second-order valence-electron chi connectivity index (χ2n) is 15.6. The monoisotopic (exact) mass is 852 g/mol. The van der Waals surface area contributed by atoms with Gasteiger partial charge in [-0.05, 0) is 74.4 Å². The Labute approximate surface area is 341 Å². The van der Waals surface area contributed by atoms with Crippen LogP contribution in [0.3, 0.4) is 0 Å². The number of aliphatic hydroxyl groups is 1. The Hall–Kier alpha value is -5.86. The van der Waals surface area contributed by atoms with E-state index in [1.165, 1.54) is 36.9 Å². The second-order valence-corrected chi connectivity index (χ2v) is 16.0. The zero-order valence-electron chi connectivity index (χ0n) is 31.8. The molecule has 1 saturated carbocycles. The highest BCUT2D eigenvalue weighted by molar-refractivity contribution is 6.36. The Morgan fingerprint density at radius 2 is 1.77 bits per heavy atom. The summed E-state index contributed by atoms with van der Waals surface area (Å²) in [5, 5.41) is 22.6. The van der Waals surface area contributed by atoms with Crippen molar-refractivity contribution in [3.05, 3.63) is 117 Å². The Morgan fingerprint density at radius 1 is 1.05 bits per heavy atom. The highest BCUT2D eigenvalue weighted by atomic mass is 35.5. The van der Waals surface area contributed by atoms with Crippen LogP contribution in [0.25, 0.3) is 22.0 Å². The van der Waals surface area contributed by atoms with Crippen LogP contribution in [0.4, 0.5) is 30.7 Å². The molecule has 2 aliphatic rings. The van der Waals surface area contributed by atoms with Crippen molar-refractivity contribution in [1.82, 2.24) is 29.7 Å². The van der Waals surface area contributed by atoms with Gasteiger partial charge in [0.25, 0.3) is 5.92 Å². The van der Waals surface area contributed by atoms with Gasteiger partial charge in [-0.25, -0.2) is 13.8 Å². The lowest BCUT2D eigenvalue weighted by Crippen LogP contribution is -2.24. The van der Waals surface area contributed by atoms with E-state index in [1.54, 1.807) is 25.2 Å². The minimum Gasteiger partial charge on any atom is -0.378 e. The molecule has 0 radical (unpaired) electrons. The fourth-order valence-corrected chi connectivity index (χ4v) is 8.34. The molecule has 0 saturated heterocycles. The Morgan fingerprint density at radius 3 is 2.43 bits per heavy atom. The Bertz CT molecular complexity index is 2760. The van der Waals surface area contributed by atoms with E-state index in [-0.39, 0.29) is 52.7 Å². The molecule has 60 heavy (non-hydrogen) atoms. The number of aryl methyl sites for hydroxylation is 1. The quantitative estimate of drug-likeness (QED) is 0.0781. The number of carbonyl (C=O) groups excluding carboxylic acids is 2. The number of hydrogen-bond donors (Lipinski definition) is 1. The number of Topliss-reactive ketones (excluding diaryl/α,β-unsaturated/α-hetero) is 2. The van der Waals surface area contributed by atoms with Crippen LogP contribution >= 0.6 is 11.6 Å². The zero-order valence-corrected chi connectivity index (χ0v) is 32.6. The highest BCUT2D eigenvalue weighted by Gasteiger charge is 2.68. The first kappa shape index (κ1) is 40.9. The Kier molecular flexibility index (Phi) is 10.0. The average Bonchev–Trinajstić information content (AvgIpc) is 3.40. The number of rotatable bonds is 11. The fraction of sp³-hybridized carbons (Fsp3) is 0.333. The number of pyridine rings is 1. The highest BCUT2D eigenvalue weighted by Crippen LogP contribution is 2.68. The first-order chi connectivity index (χ1) is 28.2. The van der Waals surface area contributed by atoms with E-state index < -0.39 is 88.6 Å². The van der Waals surface area contributed by atoms with Crippen molar-refractivity contribution in [2.75, 3.05) is 0 Å². The molecule has 2 aromatic carbocycles. The maximum absolute atomic E-state index is 15.5. The standard InChI is InChI=1S/C42H32ClF7N6O4/c1-40(2,59)10-8-24-4-5-26(27-6-7-30(43)35-31(53-55(3)37(27)35)18-32(58)33-9-11-51-60-33)36(52-24)21(12-20-13-22(44)16-23(45)14-20)15-25(57)19-56-39-34(38(54-56)42(48,49)50)28-17-29(28)41(39,46)47/h4-7,9,11,13-14,16,21,28-29,59H,12,15,17-19H2,1-3H3/t21-,28+,29-/m1/s1. The van der Waals surface area contributed by atoms with Crippen molar-refractivity contribution < 1.29 is 50.0 Å². The van der Waals surface area contributed by atoms with E-state index in [0.29, 0.717) is 32.8 Å². The Balaban J connectivity index is 1.26. The molecule has 6 aromatic rings. The molecule has 4 heterocycles. The summed E-state index contributed by atoms with van der Waals surface area (Å²) in [6, 6.07) is 10.5. The van der Waals surface area contributed by atoms with Gasteiger partial charge in [-0.2, -0.15) is 32.1 Å². The molecular weight excluding hydrogens is 821 g/mol. The van der Waals surface area contributed by atoms with Crippen LogP contribution in [0.1, 0.15) is 88.7 Å². The smallest absolute Gasteiger partial charge is 0.378 e. The zero-order chi connectivity index (χ0) is 43.1. The number of ketones is 2. The number of hydrogen-bond acceptors (Lipinski definition) is 8. The maximum atomic E-state index is 15.5. The van der Waals surface area contributed by atoms with Crippen molar-refractivity contribution >= 4 is 34.1 Å². The lowest BCUT2D eigenvalue weighted by Gasteiger charge is -2.22. The maximum Gasteiger partial charge on any atom is 0.435 e. The lowest BCUT2D eigenvalue weighted by molar-refractivity contribution is -0.142. The first-order valence-electron chi connectivity index (χ1n) is 18.6. The third-order valence-corrected chi connectivity index (χ3v) is 10.9. The van der Waals surface area contributed by atoms with E-state index in [4.69, 9.17) is 21.1 Å². The van der Waals surface area contributed by atoms with Gasteiger partial charge in [0, 0.05) is 59.5 Å². The molecule has 4 aromatic heterocycles. The molecule has 1 fully saturated rings. The van der Waals surface area contributed by atoms with Crippen molar-refractivity contribution in [3.63, 3.8) is 0 Å². The second kappa shape index (κ2) is 14.7. The normalized spacial score (nSPS) is 17.3. The summed E-state index contributed by atoms with van der Waals surface area (Å²) < 4.78 is 109. The van der Waals surface area contributed by atoms with Crippen LogP contribution in [0.5, 0.6) is 0 Å². The third-order valence-electron chi connectivity index (χ3n) is 10.6. The minimum absolute atomic E-state index is 0.00756. The molecule has 18 heteroatoms. The molecule has 0 bridgehead atoms. The van der Waals surface area contributed by atoms with Crippen LogP contribution in [-0.2, 0) is 43.3 Å². The van der Waals surface area contributed by atoms with Crippen LogP contribution in [0.15, 0.2) is 59.3 Å². The lowest BCUT2D eigenvalue weighted by atomic mass is 9.86. The van der Waals surface area contributed by atoms with Crippen molar-refractivity contribution in [1.29, 1.82) is 0 Å². The summed E-state index contributed by atoms with van der Waals surface area (Å²) in [7, 11) is 1.61. The van der Waals surface area contributed by atoms with Gasteiger partial charge in [-0.3, -0.25) is 19.0 Å². The van der Waals surface area contributed by atoms with E-state index in [9.17, 15) is 36.6 Å². The minimum atomic E-state index is -5.06. The van der Waals surface area contributed by atoms with E-state index >= 15 is 8.78 Å². The molecule has 310 valence electrons. The number of nitrogens with zero attached hydrogens (tertiary/aromatic N) is 6. The van der Waals surface area contributed by atoms with E-state index in [1.807, 2.05) is 0 Å². The molecule has 0 unspecified atom stereocenters. The molecule has 0 amide bonds. The third kappa shape index (κ3) is 7.69. The summed E-state index contributed by atoms with van der Waals surface area (Å²) in [5.41, 5.74) is -2.74. The molecule has 8 rings (SSSR count). The SMILES string of the molecule is Cn1nc(CC(=O)c2ccno2)c2c(Cl)ccc(-c3ccc(C#CC(C)(C)O)nc3[C@@H](CC(=O)Cn3nc(C(F)(F)F)c4c3C(F)(F)[C@@H]3C[C@H]43)Cc3cc(F)cc(F)c3)c21. The predicted molar refractivity (Wildman–Crippen MR) is 201 cm³/mol. The number of alkyl halides is 5. The van der Waals surface area contributed by atoms with Gasteiger partial charge in [-0.1, -0.05) is 28.7 Å². The molecule has 1 N–H and O–H groups in total. The largest absolute Gasteiger partial charge is 0.435 e. The van der Waals surface area contributed by atoms with Gasteiger partial charge < -0.3 is 9.63 Å². The number of benzene rings is 2. The van der Waals surface area contributed by atoms with Gasteiger partial charge in [0.2, 0.25) is 11.5 Å². The number of halogens is 8. The summed E-state index contributed by atoms with van der Waals surface area (Å²) in [6.07, 6.45) is -4.96. The van der Waals surface area contributed by atoms with Gasteiger partial charge in [-0.15, -0.1) is 0 Å². The van der Waals surface area contributed by atoms with Gasteiger partial charge in [0.05, 0.1) is 34.5 Å². The van der Waals surface area contributed by atoms with E-state index in [2.05, 4.69) is 27.2 Å². The summed E-state index contributed by atoms with van der Waals surface area (Å²) in [5.74, 6) is -4.82. The van der Waals surface area contributed by atoms with Gasteiger partial charge in [0.15, 0.2) is 11.5 Å². The van der Waals surface area contributed by atoms with Gasteiger partial charge >= 0.3 is 6.18 Å². The average molecular weight is 853 g/mol. The molecular formula is C42H32ClF7N6O4. The first-order valence-corrected chi connectivity index (χ1v) is 18.9. The molecule has 0 spiro atoms. The fourth-order valence-electron chi connectivity index (χ4n) is 8.08. The van der Waals surface area contributed by atoms with Gasteiger partial charge in [0.1, 0.15) is 35.2 Å². The van der Waals surface area contributed by atoms with Crippen molar-refractivity contribution in [3.8, 4) is 23.0 Å². The molecule has 0 aliphatic heterocycles. The van der Waals surface area contributed by atoms with Crippen molar-refractivity contribution in [2.45, 2.75) is 75.6 Å². The van der Waals surface area contributed by atoms with E-state index in [0.717, 1.165) is 12.1 Å². The van der Waals surface area contributed by atoms with Crippen LogP contribution in [0, 0.1) is 29.4 Å². The summed E-state index contributed by atoms with van der Waals surface area (Å²) >= 11 is 6.73. The number of fused-ring (bicyclic) bond motifs is 4.